The van der Waals surface area contributed by atoms with Gasteiger partial charge in [0.2, 0.25) is 5.95 Å². The van der Waals surface area contributed by atoms with Crippen molar-refractivity contribution >= 4 is 23.4 Å². The van der Waals surface area contributed by atoms with Crippen LogP contribution in [0.2, 0.25) is 0 Å². The summed E-state index contributed by atoms with van der Waals surface area (Å²) in [5.74, 6) is 0.328. The molecule has 3 rings (SSSR count). The minimum Gasteiger partial charge on any atom is -0.365 e. The van der Waals surface area contributed by atoms with E-state index in [0.717, 1.165) is 5.69 Å². The van der Waals surface area contributed by atoms with Gasteiger partial charge in [-0.15, -0.1) is 0 Å². The smallest absolute Gasteiger partial charge is 0.254 e. The Kier molecular flexibility index (Phi) is 5.80. The first-order chi connectivity index (χ1) is 13.5. The van der Waals surface area contributed by atoms with Gasteiger partial charge in [-0.25, -0.2) is 4.98 Å². The molecule has 10 nitrogen and oxygen atoms in total. The molecule has 3 aromatic rings. The lowest BCUT2D eigenvalue weighted by molar-refractivity contribution is 0.100. The highest BCUT2D eigenvalue weighted by Crippen LogP contribution is 2.22. The highest BCUT2D eigenvalue weighted by molar-refractivity contribution is 5.98. The lowest BCUT2D eigenvalue weighted by atomic mass is 10.1. The van der Waals surface area contributed by atoms with Crippen molar-refractivity contribution < 1.29 is 4.79 Å². The van der Waals surface area contributed by atoms with E-state index >= 15 is 0 Å². The Labute approximate surface area is 162 Å². The molecule has 0 aliphatic carbocycles. The van der Waals surface area contributed by atoms with E-state index < -0.39 is 5.91 Å². The van der Waals surface area contributed by atoms with E-state index in [0.29, 0.717) is 29.9 Å². The second-order valence-corrected chi connectivity index (χ2v) is 6.54. The number of aromatic nitrogens is 5. The average molecular weight is 381 g/mol. The molecule has 2 aromatic heterocycles. The van der Waals surface area contributed by atoms with Gasteiger partial charge in [-0.1, -0.05) is 19.9 Å². The molecule has 2 heterocycles. The van der Waals surface area contributed by atoms with Gasteiger partial charge >= 0.3 is 0 Å². The number of amides is 1. The number of rotatable bonds is 8. The fraction of sp³-hybridized carbons (Fsp3) is 0.278. The predicted molar refractivity (Wildman–Crippen MR) is 106 cm³/mol. The Bertz CT molecular complexity index is 940. The molecule has 10 heteroatoms. The summed E-state index contributed by atoms with van der Waals surface area (Å²) in [5.41, 5.74) is 12.9. The van der Waals surface area contributed by atoms with Crippen LogP contribution in [0.4, 0.5) is 17.5 Å². The molecule has 0 spiro atoms. The van der Waals surface area contributed by atoms with Crippen molar-refractivity contribution in [3.8, 4) is 5.69 Å². The minimum atomic E-state index is -0.627. The van der Waals surface area contributed by atoms with Gasteiger partial charge in [-0.05, 0) is 24.1 Å². The van der Waals surface area contributed by atoms with Crippen LogP contribution in [0.15, 0.2) is 42.9 Å². The molecular weight excluding hydrogens is 358 g/mol. The monoisotopic (exact) mass is 381 g/mol. The van der Waals surface area contributed by atoms with E-state index in [1.165, 1.54) is 11.0 Å². The summed E-state index contributed by atoms with van der Waals surface area (Å²) in [5, 5.41) is 14.5. The molecule has 0 radical (unpaired) electrons. The molecule has 1 atom stereocenters. The van der Waals surface area contributed by atoms with Crippen LogP contribution in [0.3, 0.4) is 0 Å². The van der Waals surface area contributed by atoms with Crippen molar-refractivity contribution in [2.45, 2.75) is 19.9 Å². The number of nitrogens with zero attached hydrogens (tertiary/aromatic N) is 5. The summed E-state index contributed by atoms with van der Waals surface area (Å²) in [6, 6.07) is 7.37. The molecule has 146 valence electrons. The van der Waals surface area contributed by atoms with E-state index in [1.54, 1.807) is 12.4 Å². The fourth-order valence-electron chi connectivity index (χ4n) is 2.58. The van der Waals surface area contributed by atoms with E-state index in [1.807, 2.05) is 24.3 Å². The maximum absolute atomic E-state index is 11.8. The fourth-order valence-corrected chi connectivity index (χ4v) is 2.58. The van der Waals surface area contributed by atoms with Crippen LogP contribution < -0.4 is 22.1 Å². The molecule has 0 saturated carbocycles. The first-order valence-corrected chi connectivity index (χ1v) is 8.85. The molecule has 0 aliphatic heterocycles. The molecule has 0 bridgehead atoms. The number of anilines is 3. The largest absolute Gasteiger partial charge is 0.365 e. The Hall–Kier alpha value is -3.53. The lowest BCUT2D eigenvalue weighted by Crippen LogP contribution is -2.34. The van der Waals surface area contributed by atoms with Gasteiger partial charge in [0.1, 0.15) is 11.4 Å². The van der Waals surface area contributed by atoms with Crippen LogP contribution in [0.5, 0.6) is 0 Å². The molecule has 1 amide bonds. The Morgan fingerprint density at radius 2 is 2.00 bits per heavy atom. The number of nitrogens with two attached hydrogens (primary N) is 2. The topological polar surface area (TPSA) is 150 Å². The predicted octanol–water partition coefficient (Wildman–Crippen LogP) is 1.29. The molecule has 1 aromatic carbocycles. The SMILES string of the molecule is CC(C)[C@H](CN)Nc1ncc(C(N)=O)c(Nc2cccc(-n3nccn3)c2)n1. The second kappa shape index (κ2) is 8.44. The highest BCUT2D eigenvalue weighted by Gasteiger charge is 2.16. The van der Waals surface area contributed by atoms with Crippen molar-refractivity contribution in [2.75, 3.05) is 17.2 Å². The highest BCUT2D eigenvalue weighted by atomic mass is 16.1. The zero-order valence-corrected chi connectivity index (χ0v) is 15.7. The average Bonchev–Trinajstić information content (AvgIpc) is 3.21. The van der Waals surface area contributed by atoms with Gasteiger partial charge in [0.15, 0.2) is 0 Å². The van der Waals surface area contributed by atoms with Crippen LogP contribution in [0, 0.1) is 5.92 Å². The van der Waals surface area contributed by atoms with Crippen molar-refractivity contribution in [1.82, 2.24) is 25.0 Å². The Morgan fingerprint density at radius 3 is 2.64 bits per heavy atom. The molecule has 0 fully saturated rings. The Balaban J connectivity index is 1.90. The summed E-state index contributed by atoms with van der Waals surface area (Å²) in [7, 11) is 0. The summed E-state index contributed by atoms with van der Waals surface area (Å²) >= 11 is 0. The van der Waals surface area contributed by atoms with Gasteiger partial charge < -0.3 is 22.1 Å². The minimum absolute atomic E-state index is 0.00138. The van der Waals surface area contributed by atoms with Gasteiger partial charge in [-0.3, -0.25) is 4.79 Å². The first kappa shape index (κ1) is 19.2. The first-order valence-electron chi connectivity index (χ1n) is 8.85. The molecule has 0 aliphatic rings. The summed E-state index contributed by atoms with van der Waals surface area (Å²) in [6.45, 7) is 4.53. The van der Waals surface area contributed by atoms with Crippen LogP contribution >= 0.6 is 0 Å². The third-order valence-corrected chi connectivity index (χ3v) is 4.19. The van der Waals surface area contributed by atoms with Crippen molar-refractivity contribution in [2.24, 2.45) is 17.4 Å². The number of nitrogens with one attached hydrogen (secondary N) is 2. The molecule has 6 N–H and O–H groups in total. The van der Waals surface area contributed by atoms with Crippen LogP contribution in [-0.4, -0.2) is 43.5 Å². The van der Waals surface area contributed by atoms with Gasteiger partial charge in [-0.2, -0.15) is 20.0 Å². The number of carbonyl (C=O) groups is 1. The molecule has 0 unspecified atom stereocenters. The van der Waals surface area contributed by atoms with Crippen LogP contribution in [0.25, 0.3) is 5.69 Å². The Morgan fingerprint density at radius 1 is 1.25 bits per heavy atom. The maximum atomic E-state index is 11.8. The maximum Gasteiger partial charge on any atom is 0.254 e. The van der Waals surface area contributed by atoms with Gasteiger partial charge in [0, 0.05) is 24.5 Å². The number of hydrogen-bond acceptors (Lipinski definition) is 8. The summed E-state index contributed by atoms with van der Waals surface area (Å²) in [4.78, 5) is 21.9. The van der Waals surface area contributed by atoms with E-state index in [2.05, 4.69) is 44.6 Å². The number of hydrogen-bond donors (Lipinski definition) is 4. The third-order valence-electron chi connectivity index (χ3n) is 4.19. The van der Waals surface area contributed by atoms with E-state index in [4.69, 9.17) is 11.5 Å². The van der Waals surface area contributed by atoms with Crippen molar-refractivity contribution in [1.29, 1.82) is 0 Å². The van der Waals surface area contributed by atoms with Gasteiger partial charge in [0.05, 0.1) is 18.1 Å². The second-order valence-electron chi connectivity index (χ2n) is 6.54. The van der Waals surface area contributed by atoms with Crippen LogP contribution in [-0.2, 0) is 0 Å². The molecule has 28 heavy (non-hydrogen) atoms. The third kappa shape index (κ3) is 4.41. The number of benzene rings is 1. The van der Waals surface area contributed by atoms with E-state index in [9.17, 15) is 4.79 Å². The van der Waals surface area contributed by atoms with E-state index in [-0.39, 0.29) is 11.6 Å². The normalized spacial score (nSPS) is 12.0. The lowest BCUT2D eigenvalue weighted by Gasteiger charge is -2.21. The van der Waals surface area contributed by atoms with Gasteiger partial charge in [0.25, 0.3) is 5.91 Å². The number of primary amides is 1. The molecular formula is C18H23N9O. The number of carbonyl (C=O) groups excluding carboxylic acids is 1. The zero-order valence-electron chi connectivity index (χ0n) is 15.7. The quantitative estimate of drug-likeness (QED) is 0.456. The summed E-state index contributed by atoms with van der Waals surface area (Å²) < 4.78 is 0. The standard InChI is InChI=1S/C18H23N9O/c1-11(2)15(9-19)25-18-21-10-14(16(20)28)17(26-18)24-12-4-3-5-13(8-12)27-22-6-7-23-27/h3-8,10-11,15H,9,19H2,1-2H3,(H2,20,28)(H2,21,24,25,26)/t15-/m0/s1. The molecule has 0 saturated heterocycles. The van der Waals surface area contributed by atoms with Crippen molar-refractivity contribution in [3.05, 3.63) is 48.4 Å². The van der Waals surface area contributed by atoms with Crippen LogP contribution in [0.1, 0.15) is 24.2 Å². The summed E-state index contributed by atoms with van der Waals surface area (Å²) in [6.07, 6.45) is 4.58. The van der Waals surface area contributed by atoms with Crippen molar-refractivity contribution in [3.63, 3.8) is 0 Å². The zero-order chi connectivity index (χ0) is 20.1.